The molecule has 8 nitrogen and oxygen atoms in total. The molecule has 2 heterocycles. The standard InChI is InChI=1S/C17H17N5O3/c1-10(2)15-17(21-8-4-5-14(23)16(21)18-15)20-19-13-9-12(22(24)25)7-6-11(13)3/h4-10,23H,1-3H3. The van der Waals surface area contributed by atoms with Gasteiger partial charge in [0, 0.05) is 18.3 Å². The number of benzene rings is 1. The molecule has 0 unspecified atom stereocenters. The molecule has 0 atom stereocenters. The molecule has 2 aromatic heterocycles. The van der Waals surface area contributed by atoms with Crippen molar-refractivity contribution in [1.82, 2.24) is 9.38 Å². The number of nitro groups is 1. The quantitative estimate of drug-likeness (QED) is 0.419. The van der Waals surface area contributed by atoms with Crippen molar-refractivity contribution < 1.29 is 10.0 Å². The maximum atomic E-state index is 10.9. The number of non-ortho nitro benzene ring substituents is 1. The molecule has 8 heteroatoms. The first-order chi connectivity index (χ1) is 11.9. The summed E-state index contributed by atoms with van der Waals surface area (Å²) >= 11 is 0. The van der Waals surface area contributed by atoms with Crippen molar-refractivity contribution in [2.45, 2.75) is 26.7 Å². The lowest BCUT2D eigenvalue weighted by atomic mass is 10.1. The Morgan fingerprint density at radius 1 is 1.28 bits per heavy atom. The first-order valence-electron chi connectivity index (χ1n) is 7.75. The summed E-state index contributed by atoms with van der Waals surface area (Å²) in [4.78, 5) is 14.9. The third-order valence-corrected chi connectivity index (χ3v) is 3.83. The van der Waals surface area contributed by atoms with Crippen molar-refractivity contribution in [1.29, 1.82) is 0 Å². The molecular formula is C17H17N5O3. The van der Waals surface area contributed by atoms with Crippen LogP contribution in [0.3, 0.4) is 0 Å². The van der Waals surface area contributed by atoms with Crippen LogP contribution in [-0.4, -0.2) is 19.4 Å². The number of fused-ring (bicyclic) bond motifs is 1. The zero-order valence-corrected chi connectivity index (χ0v) is 14.0. The van der Waals surface area contributed by atoms with Crippen LogP contribution in [-0.2, 0) is 0 Å². The summed E-state index contributed by atoms with van der Waals surface area (Å²) in [5.74, 6) is 0.614. The van der Waals surface area contributed by atoms with Crippen molar-refractivity contribution in [3.8, 4) is 5.75 Å². The maximum absolute atomic E-state index is 10.9. The Labute approximate surface area is 143 Å². The Bertz CT molecular complexity index is 991. The molecule has 1 N–H and O–H groups in total. The van der Waals surface area contributed by atoms with Gasteiger partial charge in [-0.15, -0.1) is 10.2 Å². The lowest BCUT2D eigenvalue weighted by molar-refractivity contribution is -0.384. The van der Waals surface area contributed by atoms with Crippen LogP contribution in [0.15, 0.2) is 46.8 Å². The summed E-state index contributed by atoms with van der Waals surface area (Å²) in [6.07, 6.45) is 1.74. The van der Waals surface area contributed by atoms with E-state index < -0.39 is 4.92 Å². The number of hydrogen-bond acceptors (Lipinski definition) is 6. The highest BCUT2D eigenvalue weighted by Gasteiger charge is 2.17. The van der Waals surface area contributed by atoms with Crippen LogP contribution in [0.25, 0.3) is 5.65 Å². The highest BCUT2D eigenvalue weighted by atomic mass is 16.6. The number of aromatic nitrogens is 2. The number of imidazole rings is 1. The molecule has 0 fully saturated rings. The van der Waals surface area contributed by atoms with Crippen LogP contribution in [0.1, 0.15) is 31.0 Å². The minimum atomic E-state index is -0.468. The van der Waals surface area contributed by atoms with Gasteiger partial charge < -0.3 is 5.11 Å². The fourth-order valence-electron chi connectivity index (χ4n) is 2.47. The number of nitro benzene ring substituents is 1. The number of azo groups is 1. The van der Waals surface area contributed by atoms with Crippen molar-refractivity contribution in [2.24, 2.45) is 10.2 Å². The first-order valence-corrected chi connectivity index (χ1v) is 7.75. The summed E-state index contributed by atoms with van der Waals surface area (Å²) in [6, 6.07) is 7.69. The van der Waals surface area contributed by atoms with Crippen molar-refractivity contribution in [3.63, 3.8) is 0 Å². The van der Waals surface area contributed by atoms with Crippen LogP contribution in [0.5, 0.6) is 5.75 Å². The fraction of sp³-hybridized carbons (Fsp3) is 0.235. The molecule has 0 aliphatic heterocycles. The maximum Gasteiger partial charge on any atom is 0.271 e. The fourth-order valence-corrected chi connectivity index (χ4v) is 2.47. The molecule has 0 saturated heterocycles. The van der Waals surface area contributed by atoms with Crippen LogP contribution in [0.2, 0.25) is 0 Å². The second kappa shape index (κ2) is 6.31. The zero-order chi connectivity index (χ0) is 18.1. The second-order valence-electron chi connectivity index (χ2n) is 5.99. The van der Waals surface area contributed by atoms with E-state index in [4.69, 9.17) is 0 Å². The molecule has 0 radical (unpaired) electrons. The second-order valence-corrected chi connectivity index (χ2v) is 5.99. The molecule has 128 valence electrons. The minimum Gasteiger partial charge on any atom is -0.504 e. The lowest BCUT2D eigenvalue weighted by Gasteiger charge is -2.02. The normalized spacial score (nSPS) is 11.7. The molecule has 3 rings (SSSR count). The SMILES string of the molecule is Cc1ccc([N+](=O)[O-])cc1N=Nc1c(C(C)C)nc2c(O)cccn12. The number of aromatic hydroxyl groups is 1. The third kappa shape index (κ3) is 3.06. The van der Waals surface area contributed by atoms with Gasteiger partial charge in [-0.3, -0.25) is 14.5 Å². The van der Waals surface area contributed by atoms with E-state index in [1.54, 1.807) is 28.8 Å². The molecular weight excluding hydrogens is 322 g/mol. The van der Waals surface area contributed by atoms with Crippen LogP contribution in [0.4, 0.5) is 17.2 Å². The molecule has 1 aromatic carbocycles. The van der Waals surface area contributed by atoms with Gasteiger partial charge in [-0.1, -0.05) is 19.9 Å². The average Bonchev–Trinajstić information content (AvgIpc) is 2.94. The number of hydrogen-bond donors (Lipinski definition) is 1. The molecule has 0 aliphatic carbocycles. The Kier molecular flexibility index (Phi) is 4.18. The summed E-state index contributed by atoms with van der Waals surface area (Å²) in [6.45, 7) is 5.74. The van der Waals surface area contributed by atoms with Crippen molar-refractivity contribution in [2.75, 3.05) is 0 Å². The topological polar surface area (TPSA) is 105 Å². The van der Waals surface area contributed by atoms with E-state index in [1.165, 1.54) is 12.1 Å². The predicted molar refractivity (Wildman–Crippen MR) is 93.0 cm³/mol. The van der Waals surface area contributed by atoms with Gasteiger partial charge in [-0.2, -0.15) is 0 Å². The van der Waals surface area contributed by atoms with Crippen molar-refractivity contribution in [3.05, 3.63) is 57.9 Å². The first kappa shape index (κ1) is 16.6. The summed E-state index contributed by atoms with van der Waals surface area (Å²) < 4.78 is 1.65. The smallest absolute Gasteiger partial charge is 0.271 e. The van der Waals surface area contributed by atoms with Crippen molar-refractivity contribution >= 4 is 22.8 Å². The van der Waals surface area contributed by atoms with E-state index in [0.29, 0.717) is 22.8 Å². The number of pyridine rings is 1. The highest BCUT2D eigenvalue weighted by Crippen LogP contribution is 2.33. The molecule has 0 amide bonds. The van der Waals surface area contributed by atoms with E-state index in [0.717, 1.165) is 5.56 Å². The Morgan fingerprint density at radius 2 is 2.04 bits per heavy atom. The van der Waals surface area contributed by atoms with Crippen LogP contribution >= 0.6 is 0 Å². The van der Waals surface area contributed by atoms with E-state index >= 15 is 0 Å². The summed E-state index contributed by atoms with van der Waals surface area (Å²) in [5.41, 5.74) is 2.24. The lowest BCUT2D eigenvalue weighted by Crippen LogP contribution is -1.89. The Balaban J connectivity index is 2.13. The van der Waals surface area contributed by atoms with Gasteiger partial charge in [0.05, 0.1) is 16.3 Å². The predicted octanol–water partition coefficient (Wildman–Crippen LogP) is 4.80. The van der Waals surface area contributed by atoms with Gasteiger partial charge in [0.15, 0.2) is 17.2 Å². The monoisotopic (exact) mass is 339 g/mol. The summed E-state index contributed by atoms with van der Waals surface area (Å²) in [5, 5.41) is 29.4. The van der Waals surface area contributed by atoms with E-state index in [2.05, 4.69) is 15.2 Å². The van der Waals surface area contributed by atoms with Gasteiger partial charge in [0.2, 0.25) is 0 Å². The van der Waals surface area contributed by atoms with E-state index in [1.807, 2.05) is 20.8 Å². The Hall–Kier alpha value is -3.29. The molecule has 0 saturated carbocycles. The average molecular weight is 339 g/mol. The van der Waals surface area contributed by atoms with Gasteiger partial charge in [0.25, 0.3) is 5.69 Å². The molecule has 0 aliphatic rings. The zero-order valence-electron chi connectivity index (χ0n) is 14.0. The van der Waals surface area contributed by atoms with Gasteiger partial charge in [-0.05, 0) is 30.5 Å². The molecule has 3 aromatic rings. The van der Waals surface area contributed by atoms with Gasteiger partial charge >= 0.3 is 0 Å². The van der Waals surface area contributed by atoms with Crippen LogP contribution < -0.4 is 0 Å². The largest absolute Gasteiger partial charge is 0.504 e. The Morgan fingerprint density at radius 3 is 2.72 bits per heavy atom. The highest BCUT2D eigenvalue weighted by molar-refractivity contribution is 5.61. The van der Waals surface area contributed by atoms with E-state index in [-0.39, 0.29) is 17.4 Å². The number of rotatable bonds is 4. The third-order valence-electron chi connectivity index (χ3n) is 3.83. The molecule has 25 heavy (non-hydrogen) atoms. The number of nitrogens with zero attached hydrogens (tertiary/aromatic N) is 5. The van der Waals surface area contributed by atoms with Crippen LogP contribution in [0, 0.1) is 17.0 Å². The van der Waals surface area contributed by atoms with Gasteiger partial charge in [-0.25, -0.2) is 4.98 Å². The molecule has 0 spiro atoms. The minimum absolute atomic E-state index is 0.0422. The van der Waals surface area contributed by atoms with E-state index in [9.17, 15) is 15.2 Å². The summed E-state index contributed by atoms with van der Waals surface area (Å²) in [7, 11) is 0. The molecule has 0 bridgehead atoms. The number of aryl methyl sites for hydroxylation is 1. The van der Waals surface area contributed by atoms with Gasteiger partial charge in [0.1, 0.15) is 0 Å².